The number of nitrogens with zero attached hydrogens (tertiary/aromatic N) is 4. The highest BCUT2D eigenvalue weighted by atomic mass is 16.2. The number of amides is 2. The molecule has 2 aliphatic rings. The lowest BCUT2D eigenvalue weighted by molar-refractivity contribution is -0.132. The van der Waals surface area contributed by atoms with Crippen molar-refractivity contribution in [2.75, 3.05) is 26.2 Å². The lowest BCUT2D eigenvalue weighted by atomic mass is 9.97. The van der Waals surface area contributed by atoms with Crippen molar-refractivity contribution < 1.29 is 9.59 Å². The monoisotopic (exact) mass is 377 g/mol. The van der Waals surface area contributed by atoms with Gasteiger partial charge in [-0.15, -0.1) is 0 Å². The van der Waals surface area contributed by atoms with Crippen LogP contribution in [0.15, 0.2) is 30.3 Å². The Hall–Kier alpha value is -2.98. The second-order valence-electron chi connectivity index (χ2n) is 7.57. The Morgan fingerprint density at radius 2 is 2.07 bits per heavy atom. The van der Waals surface area contributed by atoms with Crippen LogP contribution in [0.1, 0.15) is 41.2 Å². The number of primary amides is 1. The molecule has 4 rings (SSSR count). The van der Waals surface area contributed by atoms with Crippen LogP contribution in [0.4, 0.5) is 0 Å². The molecule has 1 aromatic carbocycles. The molecule has 2 amide bonds. The molecule has 2 atom stereocenters. The largest absolute Gasteiger partial charge is 0.366 e. The number of carbonyl (C=O) groups is 2. The van der Waals surface area contributed by atoms with Crippen LogP contribution in [0.25, 0.3) is 10.9 Å². The van der Waals surface area contributed by atoms with Gasteiger partial charge >= 0.3 is 0 Å². The van der Waals surface area contributed by atoms with Gasteiger partial charge in [0.05, 0.1) is 29.4 Å². The molecular weight excluding hydrogens is 354 g/mol. The maximum atomic E-state index is 12.6. The zero-order chi connectivity index (χ0) is 19.7. The molecule has 0 bridgehead atoms. The van der Waals surface area contributed by atoms with E-state index in [2.05, 4.69) is 11.0 Å². The van der Waals surface area contributed by atoms with Crippen molar-refractivity contribution in [2.24, 2.45) is 5.73 Å². The summed E-state index contributed by atoms with van der Waals surface area (Å²) >= 11 is 0. The molecule has 2 aliphatic heterocycles. The van der Waals surface area contributed by atoms with E-state index >= 15 is 0 Å². The second kappa shape index (κ2) is 7.56. The molecule has 7 heteroatoms. The first kappa shape index (κ1) is 18.4. The zero-order valence-corrected chi connectivity index (χ0v) is 15.7. The van der Waals surface area contributed by atoms with Crippen LogP contribution in [0.3, 0.4) is 0 Å². The van der Waals surface area contributed by atoms with Gasteiger partial charge in [-0.05, 0) is 37.9 Å². The van der Waals surface area contributed by atoms with E-state index in [9.17, 15) is 14.9 Å². The highest BCUT2D eigenvalue weighted by Crippen LogP contribution is 2.30. The van der Waals surface area contributed by atoms with E-state index < -0.39 is 5.91 Å². The highest BCUT2D eigenvalue weighted by Gasteiger charge is 2.33. The normalized spacial score (nSPS) is 22.5. The number of nitriles is 1. The quantitative estimate of drug-likeness (QED) is 0.872. The molecule has 0 aliphatic carbocycles. The molecule has 0 unspecified atom stereocenters. The van der Waals surface area contributed by atoms with Crippen molar-refractivity contribution >= 4 is 22.7 Å². The van der Waals surface area contributed by atoms with Gasteiger partial charge in [-0.25, -0.2) is 0 Å². The predicted octanol–water partition coefficient (Wildman–Crippen LogP) is 1.64. The SMILES string of the molecule is N#C[C@@H]1CCCN1C(=O)CN1CC[C@H](c2nc3ccccc3cc2C(N)=O)C1. The molecule has 2 saturated heterocycles. The summed E-state index contributed by atoms with van der Waals surface area (Å²) < 4.78 is 0. The van der Waals surface area contributed by atoms with Crippen molar-refractivity contribution in [2.45, 2.75) is 31.2 Å². The lowest BCUT2D eigenvalue weighted by Crippen LogP contribution is -2.41. The number of pyridine rings is 1. The fourth-order valence-electron chi connectivity index (χ4n) is 4.32. The Balaban J connectivity index is 1.51. The summed E-state index contributed by atoms with van der Waals surface area (Å²) in [6, 6.07) is 11.4. The van der Waals surface area contributed by atoms with Crippen molar-refractivity contribution in [3.05, 3.63) is 41.6 Å². The third-order valence-corrected chi connectivity index (χ3v) is 5.76. The molecule has 1 aromatic heterocycles. The van der Waals surface area contributed by atoms with E-state index in [1.54, 1.807) is 4.90 Å². The maximum absolute atomic E-state index is 12.6. The molecule has 7 nitrogen and oxygen atoms in total. The molecule has 2 fully saturated rings. The number of benzene rings is 1. The fraction of sp³-hybridized carbons (Fsp3) is 0.429. The van der Waals surface area contributed by atoms with Gasteiger partial charge in [0.15, 0.2) is 0 Å². The highest BCUT2D eigenvalue weighted by molar-refractivity contribution is 5.97. The second-order valence-corrected chi connectivity index (χ2v) is 7.57. The molecule has 0 saturated carbocycles. The summed E-state index contributed by atoms with van der Waals surface area (Å²) in [7, 11) is 0. The minimum atomic E-state index is -0.475. The minimum absolute atomic E-state index is 0.00583. The van der Waals surface area contributed by atoms with Crippen molar-refractivity contribution in [3.8, 4) is 6.07 Å². The van der Waals surface area contributed by atoms with Crippen LogP contribution >= 0.6 is 0 Å². The van der Waals surface area contributed by atoms with E-state index in [-0.39, 0.29) is 17.9 Å². The maximum Gasteiger partial charge on any atom is 0.250 e. The number of hydrogen-bond acceptors (Lipinski definition) is 5. The van der Waals surface area contributed by atoms with Crippen LogP contribution in [0.2, 0.25) is 0 Å². The fourth-order valence-corrected chi connectivity index (χ4v) is 4.32. The summed E-state index contributed by atoms with van der Waals surface area (Å²) in [5, 5.41) is 10.1. The molecule has 2 aromatic rings. The minimum Gasteiger partial charge on any atom is -0.366 e. The third kappa shape index (κ3) is 3.43. The molecule has 3 heterocycles. The van der Waals surface area contributed by atoms with Crippen molar-refractivity contribution in [1.29, 1.82) is 5.26 Å². The van der Waals surface area contributed by atoms with Crippen molar-refractivity contribution in [3.63, 3.8) is 0 Å². The smallest absolute Gasteiger partial charge is 0.250 e. The Morgan fingerprint density at radius 3 is 2.86 bits per heavy atom. The summed E-state index contributed by atoms with van der Waals surface area (Å²) in [6.07, 6.45) is 2.46. The first-order chi connectivity index (χ1) is 13.6. The van der Waals surface area contributed by atoms with Crippen LogP contribution in [0, 0.1) is 11.3 Å². The first-order valence-electron chi connectivity index (χ1n) is 9.67. The van der Waals surface area contributed by atoms with Gasteiger partial charge in [0.1, 0.15) is 6.04 Å². The predicted molar refractivity (Wildman–Crippen MR) is 104 cm³/mol. The van der Waals surface area contributed by atoms with Gasteiger partial charge in [0.2, 0.25) is 5.91 Å². The van der Waals surface area contributed by atoms with E-state index in [0.29, 0.717) is 25.2 Å². The number of hydrogen-bond donors (Lipinski definition) is 1. The third-order valence-electron chi connectivity index (χ3n) is 5.76. The number of aromatic nitrogens is 1. The summed E-state index contributed by atoms with van der Waals surface area (Å²) in [5.41, 5.74) is 7.64. The van der Waals surface area contributed by atoms with Gasteiger partial charge in [-0.1, -0.05) is 18.2 Å². The molecule has 0 spiro atoms. The van der Waals surface area contributed by atoms with E-state index in [4.69, 9.17) is 10.7 Å². The Bertz CT molecular complexity index is 967. The summed E-state index contributed by atoms with van der Waals surface area (Å²) in [5.74, 6) is -0.409. The number of para-hydroxylation sites is 1. The Morgan fingerprint density at radius 1 is 1.25 bits per heavy atom. The van der Waals surface area contributed by atoms with E-state index in [1.165, 1.54) is 0 Å². The molecule has 144 valence electrons. The van der Waals surface area contributed by atoms with Crippen LogP contribution in [-0.4, -0.2) is 58.8 Å². The number of fused-ring (bicyclic) bond motifs is 1. The van der Waals surface area contributed by atoms with Gasteiger partial charge in [-0.2, -0.15) is 5.26 Å². The Kier molecular flexibility index (Phi) is 4.97. The van der Waals surface area contributed by atoms with Gasteiger partial charge < -0.3 is 10.6 Å². The number of carbonyl (C=O) groups excluding carboxylic acids is 2. The van der Waals surface area contributed by atoms with Crippen molar-refractivity contribution in [1.82, 2.24) is 14.8 Å². The first-order valence-corrected chi connectivity index (χ1v) is 9.67. The Labute approximate surface area is 163 Å². The zero-order valence-electron chi connectivity index (χ0n) is 15.7. The molecule has 2 N–H and O–H groups in total. The lowest BCUT2D eigenvalue weighted by Gasteiger charge is -2.23. The number of nitrogens with two attached hydrogens (primary N) is 1. The van der Waals surface area contributed by atoms with Gasteiger partial charge in [0, 0.05) is 24.4 Å². The van der Waals surface area contributed by atoms with Crippen LogP contribution in [0.5, 0.6) is 0 Å². The molecular formula is C21H23N5O2. The topological polar surface area (TPSA) is 103 Å². The van der Waals surface area contributed by atoms with Crippen LogP contribution < -0.4 is 5.73 Å². The number of rotatable bonds is 4. The number of likely N-dealkylation sites (tertiary alicyclic amines) is 2. The molecule has 28 heavy (non-hydrogen) atoms. The summed E-state index contributed by atoms with van der Waals surface area (Å²) in [4.78, 5) is 33.1. The van der Waals surface area contributed by atoms with Gasteiger partial charge in [-0.3, -0.25) is 19.5 Å². The van der Waals surface area contributed by atoms with Gasteiger partial charge in [0.25, 0.3) is 5.91 Å². The average molecular weight is 377 g/mol. The average Bonchev–Trinajstić information content (AvgIpc) is 3.36. The molecule has 0 radical (unpaired) electrons. The van der Waals surface area contributed by atoms with E-state index in [1.807, 2.05) is 30.3 Å². The standard InChI is InChI=1S/C21H23N5O2/c22-11-16-5-3-8-26(16)19(27)13-25-9-7-15(12-25)20-17(21(23)28)10-14-4-1-2-6-18(14)24-20/h1-2,4,6,10,15-16H,3,5,7-9,12-13H2,(H2,23,28)/t15-,16-/m0/s1. The summed E-state index contributed by atoms with van der Waals surface area (Å²) in [6.45, 7) is 2.37. The van der Waals surface area contributed by atoms with E-state index in [0.717, 1.165) is 42.4 Å². The van der Waals surface area contributed by atoms with Crippen LogP contribution in [-0.2, 0) is 4.79 Å².